The number of fused-ring (bicyclic) bond motifs is 4. The summed E-state index contributed by atoms with van der Waals surface area (Å²) in [6, 6.07) is 26.7. The molecule has 0 saturated heterocycles. The lowest BCUT2D eigenvalue weighted by atomic mass is 9.90. The van der Waals surface area contributed by atoms with Crippen LogP contribution < -0.4 is 0 Å². The van der Waals surface area contributed by atoms with Gasteiger partial charge in [0, 0.05) is 11.5 Å². The first-order valence-corrected chi connectivity index (χ1v) is 10.5. The Bertz CT molecular complexity index is 1470. The number of benzene rings is 4. The quantitative estimate of drug-likeness (QED) is 0.280. The molecule has 0 saturated carbocycles. The van der Waals surface area contributed by atoms with E-state index in [2.05, 4.69) is 98.8 Å². The van der Waals surface area contributed by atoms with Gasteiger partial charge in [0.05, 0.1) is 6.26 Å². The number of allylic oxidation sites excluding steroid dienone is 1. The molecule has 144 valence electrons. The van der Waals surface area contributed by atoms with Gasteiger partial charge in [-0.15, -0.1) is 0 Å². The molecule has 5 aromatic rings. The number of hydrogen-bond acceptors (Lipinski definition) is 1. The Morgan fingerprint density at radius 2 is 1.53 bits per heavy atom. The molecule has 1 unspecified atom stereocenters. The molecule has 0 spiro atoms. The Balaban J connectivity index is 1.46. The zero-order valence-corrected chi connectivity index (χ0v) is 17.1. The highest BCUT2D eigenvalue weighted by atomic mass is 16.3. The fourth-order valence-corrected chi connectivity index (χ4v) is 4.75. The van der Waals surface area contributed by atoms with E-state index >= 15 is 0 Å². The summed E-state index contributed by atoms with van der Waals surface area (Å²) in [6.07, 6.45) is 6.39. The van der Waals surface area contributed by atoms with Crippen molar-refractivity contribution < 1.29 is 4.42 Å². The van der Waals surface area contributed by atoms with E-state index in [1.807, 2.05) is 6.26 Å². The van der Waals surface area contributed by atoms with Crippen molar-refractivity contribution >= 4 is 27.6 Å². The molecule has 1 atom stereocenters. The van der Waals surface area contributed by atoms with E-state index in [9.17, 15) is 0 Å². The van der Waals surface area contributed by atoms with Crippen LogP contribution in [0.2, 0.25) is 0 Å². The lowest BCUT2D eigenvalue weighted by Crippen LogP contribution is -1.95. The average Bonchev–Trinajstić information content (AvgIpc) is 3.36. The molecule has 1 heteroatoms. The number of furan rings is 1. The summed E-state index contributed by atoms with van der Waals surface area (Å²) in [6.45, 7) is 4.21. The molecule has 1 aliphatic carbocycles. The van der Waals surface area contributed by atoms with E-state index in [-0.39, 0.29) is 0 Å². The van der Waals surface area contributed by atoms with Gasteiger partial charge in [-0.1, -0.05) is 78.9 Å². The minimum absolute atomic E-state index is 0.342. The van der Waals surface area contributed by atoms with Crippen molar-refractivity contribution in [3.8, 4) is 11.3 Å². The third kappa shape index (κ3) is 2.55. The summed E-state index contributed by atoms with van der Waals surface area (Å²) >= 11 is 0. The minimum Gasteiger partial charge on any atom is -0.464 e. The molecule has 4 aromatic carbocycles. The van der Waals surface area contributed by atoms with Gasteiger partial charge in [-0.05, 0) is 69.3 Å². The van der Waals surface area contributed by atoms with Crippen molar-refractivity contribution in [2.24, 2.45) is 0 Å². The highest BCUT2D eigenvalue weighted by Crippen LogP contribution is 2.38. The molecule has 0 N–H and O–H groups in total. The van der Waals surface area contributed by atoms with Crippen LogP contribution in [0.1, 0.15) is 33.7 Å². The van der Waals surface area contributed by atoms with Crippen molar-refractivity contribution in [2.75, 3.05) is 0 Å². The molecule has 1 nitrogen and oxygen atoms in total. The fourth-order valence-electron chi connectivity index (χ4n) is 4.75. The molecule has 1 aliphatic rings. The standard InChI is InChI=1S/C29H22O/c1-18-17-30-29(19(18)2)24-11-14-28-22(16-24)8-7-21-15-23(10-13-27(21)28)26-12-9-20-5-3-4-6-25(20)26/h3-17,26H,1-2H3. The number of rotatable bonds is 2. The molecule has 1 aromatic heterocycles. The zero-order chi connectivity index (χ0) is 20.2. The van der Waals surface area contributed by atoms with E-state index < -0.39 is 0 Å². The van der Waals surface area contributed by atoms with Crippen LogP contribution in [0.15, 0.2) is 89.6 Å². The normalized spacial score (nSPS) is 15.2. The van der Waals surface area contributed by atoms with Gasteiger partial charge < -0.3 is 4.42 Å². The first-order valence-electron chi connectivity index (χ1n) is 10.5. The van der Waals surface area contributed by atoms with E-state index in [4.69, 9.17) is 4.42 Å². The van der Waals surface area contributed by atoms with Gasteiger partial charge in [-0.3, -0.25) is 0 Å². The predicted molar refractivity (Wildman–Crippen MR) is 126 cm³/mol. The molecule has 0 radical (unpaired) electrons. The summed E-state index contributed by atoms with van der Waals surface area (Å²) in [5.74, 6) is 1.31. The van der Waals surface area contributed by atoms with E-state index in [1.54, 1.807) is 0 Å². The smallest absolute Gasteiger partial charge is 0.137 e. The van der Waals surface area contributed by atoms with Crippen molar-refractivity contribution in [1.82, 2.24) is 0 Å². The highest BCUT2D eigenvalue weighted by Gasteiger charge is 2.19. The Morgan fingerprint density at radius 3 is 2.33 bits per heavy atom. The fraction of sp³-hybridized carbons (Fsp3) is 0.103. The van der Waals surface area contributed by atoms with Gasteiger partial charge in [0.1, 0.15) is 5.76 Å². The molecule has 0 bridgehead atoms. The summed E-state index contributed by atoms with van der Waals surface area (Å²) in [5, 5.41) is 5.11. The Kier molecular flexibility index (Phi) is 3.73. The van der Waals surface area contributed by atoms with Crippen LogP contribution in [0, 0.1) is 13.8 Å². The lowest BCUT2D eigenvalue weighted by molar-refractivity contribution is 0.579. The topological polar surface area (TPSA) is 13.1 Å². The van der Waals surface area contributed by atoms with Crippen LogP contribution in [-0.2, 0) is 0 Å². The summed E-state index contributed by atoms with van der Waals surface area (Å²) in [5.41, 5.74) is 7.62. The van der Waals surface area contributed by atoms with Crippen LogP contribution in [0.3, 0.4) is 0 Å². The van der Waals surface area contributed by atoms with Gasteiger partial charge in [0.2, 0.25) is 0 Å². The third-order valence-electron chi connectivity index (χ3n) is 6.57. The third-order valence-corrected chi connectivity index (χ3v) is 6.57. The second-order valence-electron chi connectivity index (χ2n) is 8.32. The summed E-state index contributed by atoms with van der Waals surface area (Å²) < 4.78 is 5.81. The van der Waals surface area contributed by atoms with E-state index in [0.717, 1.165) is 11.3 Å². The maximum atomic E-state index is 5.81. The Labute approximate surface area is 176 Å². The Hall–Kier alpha value is -3.58. The molecular formula is C29H22O. The van der Waals surface area contributed by atoms with Crippen molar-refractivity contribution in [3.05, 3.63) is 113 Å². The zero-order valence-electron chi connectivity index (χ0n) is 17.1. The van der Waals surface area contributed by atoms with Crippen molar-refractivity contribution in [3.63, 3.8) is 0 Å². The second-order valence-corrected chi connectivity index (χ2v) is 8.32. The summed E-state index contributed by atoms with van der Waals surface area (Å²) in [4.78, 5) is 0. The highest BCUT2D eigenvalue weighted by molar-refractivity contribution is 6.08. The van der Waals surface area contributed by atoms with Crippen LogP contribution in [0.25, 0.3) is 38.9 Å². The van der Waals surface area contributed by atoms with E-state index in [0.29, 0.717) is 5.92 Å². The molecule has 0 amide bonds. The average molecular weight is 386 g/mol. The largest absolute Gasteiger partial charge is 0.464 e. The number of hydrogen-bond donors (Lipinski definition) is 0. The van der Waals surface area contributed by atoms with Crippen LogP contribution in [0.5, 0.6) is 0 Å². The van der Waals surface area contributed by atoms with E-state index in [1.165, 1.54) is 49.4 Å². The molecule has 30 heavy (non-hydrogen) atoms. The first-order chi connectivity index (χ1) is 14.7. The van der Waals surface area contributed by atoms with Crippen molar-refractivity contribution in [2.45, 2.75) is 19.8 Å². The van der Waals surface area contributed by atoms with Crippen LogP contribution in [-0.4, -0.2) is 0 Å². The molecule has 0 fully saturated rings. The predicted octanol–water partition coefficient (Wildman–Crippen LogP) is 8.03. The molecule has 0 aliphatic heterocycles. The number of aryl methyl sites for hydroxylation is 1. The molecular weight excluding hydrogens is 364 g/mol. The van der Waals surface area contributed by atoms with Gasteiger partial charge in [0.15, 0.2) is 0 Å². The first kappa shape index (κ1) is 17.3. The maximum Gasteiger partial charge on any atom is 0.137 e. The van der Waals surface area contributed by atoms with Gasteiger partial charge in [-0.2, -0.15) is 0 Å². The SMILES string of the molecule is Cc1coc(-c2ccc3c(ccc4cc(C5C=Cc6ccccc65)ccc43)c2)c1C. The minimum atomic E-state index is 0.342. The molecule has 6 rings (SSSR count). The van der Waals surface area contributed by atoms with Crippen LogP contribution in [0.4, 0.5) is 0 Å². The van der Waals surface area contributed by atoms with Gasteiger partial charge in [-0.25, -0.2) is 0 Å². The van der Waals surface area contributed by atoms with Gasteiger partial charge >= 0.3 is 0 Å². The van der Waals surface area contributed by atoms with Crippen LogP contribution >= 0.6 is 0 Å². The second kappa shape index (κ2) is 6.47. The Morgan fingerprint density at radius 1 is 0.767 bits per heavy atom. The van der Waals surface area contributed by atoms with Gasteiger partial charge in [0.25, 0.3) is 0 Å². The summed E-state index contributed by atoms with van der Waals surface area (Å²) in [7, 11) is 0. The van der Waals surface area contributed by atoms with Crippen molar-refractivity contribution in [1.29, 1.82) is 0 Å². The lowest BCUT2D eigenvalue weighted by Gasteiger charge is -2.13. The monoisotopic (exact) mass is 386 g/mol. The maximum absolute atomic E-state index is 5.81. The molecule has 1 heterocycles.